The number of benzene rings is 4. The first-order chi connectivity index (χ1) is 19.3. The highest BCUT2D eigenvalue weighted by Crippen LogP contribution is 2.26. The molecule has 0 heterocycles. The molecule has 0 unspecified atom stereocenters. The van der Waals surface area contributed by atoms with Gasteiger partial charge in [-0.2, -0.15) is 0 Å². The van der Waals surface area contributed by atoms with Gasteiger partial charge in [0.2, 0.25) is 11.8 Å². The number of hydrogen-bond acceptors (Lipinski definition) is 6. The van der Waals surface area contributed by atoms with Crippen LogP contribution in [0.2, 0.25) is 0 Å². The van der Waals surface area contributed by atoms with Crippen LogP contribution in [-0.4, -0.2) is 30.3 Å². The van der Waals surface area contributed by atoms with Gasteiger partial charge in [-0.25, -0.2) is 0 Å². The molecule has 0 bridgehead atoms. The van der Waals surface area contributed by atoms with Gasteiger partial charge in [0.15, 0.2) is 6.61 Å². The largest absolute Gasteiger partial charge is 0.457 e. The highest BCUT2D eigenvalue weighted by atomic mass is 16.5. The van der Waals surface area contributed by atoms with Gasteiger partial charge in [-0.1, -0.05) is 30.3 Å². The zero-order chi connectivity index (χ0) is 28.3. The first-order valence-electron chi connectivity index (χ1n) is 12.7. The summed E-state index contributed by atoms with van der Waals surface area (Å²) in [5.41, 5.74) is 1.71. The number of esters is 1. The normalized spacial score (nSPS) is 10.4. The van der Waals surface area contributed by atoms with Crippen LogP contribution in [0.25, 0.3) is 10.8 Å². The van der Waals surface area contributed by atoms with E-state index >= 15 is 0 Å². The summed E-state index contributed by atoms with van der Waals surface area (Å²) in [5, 5.41) is 10.2. The second-order valence-electron chi connectivity index (χ2n) is 9.00. The molecule has 40 heavy (non-hydrogen) atoms. The first kappa shape index (κ1) is 27.8. The Morgan fingerprint density at radius 1 is 0.625 bits per heavy atom. The molecular formula is C31H29N3O6. The van der Waals surface area contributed by atoms with Crippen LogP contribution in [0.1, 0.15) is 26.2 Å². The molecule has 0 radical (unpaired) electrons. The van der Waals surface area contributed by atoms with Crippen molar-refractivity contribution in [2.45, 2.75) is 26.2 Å². The fourth-order valence-corrected chi connectivity index (χ4v) is 3.85. The van der Waals surface area contributed by atoms with Gasteiger partial charge < -0.3 is 25.4 Å². The van der Waals surface area contributed by atoms with Crippen LogP contribution >= 0.6 is 0 Å². The van der Waals surface area contributed by atoms with E-state index in [1.807, 2.05) is 42.5 Å². The van der Waals surface area contributed by atoms with Crippen molar-refractivity contribution in [3.05, 3.63) is 91.0 Å². The molecule has 0 aliphatic heterocycles. The molecule has 3 N–H and O–H groups in total. The number of carbonyl (C=O) groups excluding carboxylic acids is 4. The SMILES string of the molecule is CC(=O)Nc1ccc(NC(=O)COC(=O)CCCC(=O)Nc2ccc(Oc3ccc4ccccc4c3)cc2)cc1. The monoisotopic (exact) mass is 539 g/mol. The number of hydrogen-bond donors (Lipinski definition) is 3. The summed E-state index contributed by atoms with van der Waals surface area (Å²) in [4.78, 5) is 47.3. The van der Waals surface area contributed by atoms with Crippen molar-refractivity contribution in [2.24, 2.45) is 0 Å². The van der Waals surface area contributed by atoms with Crippen LogP contribution in [0.3, 0.4) is 0 Å². The molecular weight excluding hydrogens is 510 g/mol. The van der Waals surface area contributed by atoms with Gasteiger partial charge in [-0.05, 0) is 77.9 Å². The minimum atomic E-state index is -0.570. The molecule has 0 saturated carbocycles. The van der Waals surface area contributed by atoms with E-state index in [0.717, 1.165) is 16.5 Å². The average Bonchev–Trinajstić information content (AvgIpc) is 2.94. The molecule has 0 saturated heterocycles. The van der Waals surface area contributed by atoms with Crippen LogP contribution in [0.4, 0.5) is 17.1 Å². The Labute approximate surface area is 231 Å². The Kier molecular flexibility index (Phi) is 9.44. The van der Waals surface area contributed by atoms with E-state index in [1.54, 1.807) is 48.5 Å². The summed E-state index contributed by atoms with van der Waals surface area (Å²) < 4.78 is 10.9. The number of rotatable bonds is 11. The lowest BCUT2D eigenvalue weighted by atomic mass is 10.1. The average molecular weight is 540 g/mol. The van der Waals surface area contributed by atoms with Gasteiger partial charge in [0.1, 0.15) is 11.5 Å². The number of nitrogens with one attached hydrogen (secondary N) is 3. The maximum atomic E-state index is 12.3. The summed E-state index contributed by atoms with van der Waals surface area (Å²) >= 11 is 0. The lowest BCUT2D eigenvalue weighted by Gasteiger charge is -2.09. The molecule has 0 atom stereocenters. The molecule has 0 spiro atoms. The van der Waals surface area contributed by atoms with E-state index in [1.165, 1.54) is 6.92 Å². The predicted molar refractivity (Wildman–Crippen MR) is 153 cm³/mol. The van der Waals surface area contributed by atoms with Crippen molar-refractivity contribution in [3.8, 4) is 11.5 Å². The van der Waals surface area contributed by atoms with Crippen molar-refractivity contribution in [2.75, 3.05) is 22.6 Å². The van der Waals surface area contributed by atoms with Gasteiger partial charge in [0.25, 0.3) is 5.91 Å². The molecule has 4 aromatic rings. The molecule has 0 fully saturated rings. The van der Waals surface area contributed by atoms with Crippen LogP contribution in [0.5, 0.6) is 11.5 Å². The Morgan fingerprint density at radius 3 is 1.88 bits per heavy atom. The number of amides is 3. The molecule has 0 aromatic heterocycles. The predicted octanol–water partition coefficient (Wildman–Crippen LogP) is 5.88. The van der Waals surface area contributed by atoms with Crippen LogP contribution in [0, 0.1) is 0 Å². The maximum absolute atomic E-state index is 12.3. The summed E-state index contributed by atoms with van der Waals surface area (Å²) in [5.74, 6) is -0.139. The standard InChI is InChI=1S/C31H29N3O6/c1-21(35)32-24-10-12-25(13-11-24)34-30(37)20-39-31(38)8-4-7-29(36)33-26-14-17-27(18-15-26)40-28-16-9-22-5-2-3-6-23(22)19-28/h2-3,5-6,9-19H,4,7-8,20H2,1H3,(H,32,35)(H,33,36)(H,34,37). The summed E-state index contributed by atoms with van der Waals surface area (Å²) in [6.45, 7) is 0.963. The Bertz CT molecular complexity index is 1500. The van der Waals surface area contributed by atoms with Crippen molar-refractivity contribution in [3.63, 3.8) is 0 Å². The van der Waals surface area contributed by atoms with Gasteiger partial charge >= 0.3 is 5.97 Å². The third kappa shape index (κ3) is 8.70. The number of anilines is 3. The van der Waals surface area contributed by atoms with Crippen molar-refractivity contribution >= 4 is 51.5 Å². The van der Waals surface area contributed by atoms with Crippen molar-refractivity contribution in [1.82, 2.24) is 0 Å². The zero-order valence-corrected chi connectivity index (χ0v) is 21.9. The summed E-state index contributed by atoms with van der Waals surface area (Å²) in [6, 6.07) is 27.5. The number of carbonyl (C=O) groups is 4. The van der Waals surface area contributed by atoms with E-state index in [2.05, 4.69) is 16.0 Å². The minimum Gasteiger partial charge on any atom is -0.457 e. The van der Waals surface area contributed by atoms with Gasteiger partial charge in [0.05, 0.1) is 0 Å². The second-order valence-corrected chi connectivity index (χ2v) is 9.00. The molecule has 4 aromatic carbocycles. The quantitative estimate of drug-likeness (QED) is 0.205. The van der Waals surface area contributed by atoms with Crippen LogP contribution < -0.4 is 20.7 Å². The minimum absolute atomic E-state index is 0.00461. The van der Waals surface area contributed by atoms with Gasteiger partial charge in [-0.3, -0.25) is 19.2 Å². The zero-order valence-electron chi connectivity index (χ0n) is 21.9. The van der Waals surface area contributed by atoms with E-state index in [-0.39, 0.29) is 31.1 Å². The second kappa shape index (κ2) is 13.6. The summed E-state index contributed by atoms with van der Waals surface area (Å²) in [6.07, 6.45) is 0.405. The van der Waals surface area contributed by atoms with Gasteiger partial charge in [0, 0.05) is 36.8 Å². The van der Waals surface area contributed by atoms with Gasteiger partial charge in [-0.15, -0.1) is 0 Å². The van der Waals surface area contributed by atoms with Crippen molar-refractivity contribution in [1.29, 1.82) is 0 Å². The molecule has 204 valence electrons. The fraction of sp³-hybridized carbons (Fsp3) is 0.161. The highest BCUT2D eigenvalue weighted by molar-refractivity contribution is 5.94. The topological polar surface area (TPSA) is 123 Å². The lowest BCUT2D eigenvalue weighted by molar-refractivity contribution is -0.147. The molecule has 9 nitrogen and oxygen atoms in total. The summed E-state index contributed by atoms with van der Waals surface area (Å²) in [7, 11) is 0. The third-order valence-corrected chi connectivity index (χ3v) is 5.73. The maximum Gasteiger partial charge on any atom is 0.306 e. The number of fused-ring (bicyclic) bond motifs is 1. The Hall–Kier alpha value is -5.18. The Balaban J connectivity index is 1.13. The third-order valence-electron chi connectivity index (χ3n) is 5.73. The van der Waals surface area contributed by atoms with Crippen LogP contribution in [0.15, 0.2) is 91.0 Å². The van der Waals surface area contributed by atoms with E-state index in [0.29, 0.717) is 22.8 Å². The fourth-order valence-electron chi connectivity index (χ4n) is 3.85. The molecule has 4 rings (SSSR count). The van der Waals surface area contributed by atoms with Crippen LogP contribution in [-0.2, 0) is 23.9 Å². The lowest BCUT2D eigenvalue weighted by Crippen LogP contribution is -2.21. The Morgan fingerprint density at radius 2 is 1.20 bits per heavy atom. The number of ether oxygens (including phenoxy) is 2. The molecule has 0 aliphatic rings. The molecule has 9 heteroatoms. The van der Waals surface area contributed by atoms with E-state index in [4.69, 9.17) is 9.47 Å². The van der Waals surface area contributed by atoms with E-state index < -0.39 is 18.5 Å². The molecule has 0 aliphatic carbocycles. The van der Waals surface area contributed by atoms with E-state index in [9.17, 15) is 19.2 Å². The highest BCUT2D eigenvalue weighted by Gasteiger charge is 2.10. The first-order valence-corrected chi connectivity index (χ1v) is 12.7. The smallest absolute Gasteiger partial charge is 0.306 e. The van der Waals surface area contributed by atoms with Crippen molar-refractivity contribution < 1.29 is 28.7 Å². The molecule has 3 amide bonds.